The fourth-order valence-electron chi connectivity index (χ4n) is 2.42. The second-order valence-corrected chi connectivity index (χ2v) is 7.07. The van der Waals surface area contributed by atoms with Gasteiger partial charge in [-0.15, -0.1) is 0 Å². The molecule has 0 bridgehead atoms. The molecule has 0 aromatic heterocycles. The zero-order chi connectivity index (χ0) is 13.7. The first-order valence-electron chi connectivity index (χ1n) is 6.83. The van der Waals surface area contributed by atoms with Gasteiger partial charge in [0, 0.05) is 13.1 Å². The van der Waals surface area contributed by atoms with Gasteiger partial charge in [-0.2, -0.15) is 4.31 Å². The minimum atomic E-state index is -3.10. The van der Waals surface area contributed by atoms with Gasteiger partial charge in [-0.25, -0.2) is 8.42 Å². The highest BCUT2D eigenvalue weighted by Gasteiger charge is 2.25. The molecule has 5 heteroatoms. The molecule has 0 saturated heterocycles. The monoisotopic (exact) mass is 282 g/mol. The summed E-state index contributed by atoms with van der Waals surface area (Å²) in [5.74, 6) is 0.261. The van der Waals surface area contributed by atoms with Crippen LogP contribution in [0, 0.1) is 0 Å². The van der Waals surface area contributed by atoms with Gasteiger partial charge in [-0.1, -0.05) is 24.3 Å². The van der Waals surface area contributed by atoms with Gasteiger partial charge in [0.25, 0.3) is 0 Å². The molecule has 4 nitrogen and oxygen atoms in total. The van der Waals surface area contributed by atoms with Crippen molar-refractivity contribution < 1.29 is 8.42 Å². The molecular formula is C14H22N2O2S. The molecular weight excluding hydrogens is 260 g/mol. The highest BCUT2D eigenvalue weighted by atomic mass is 32.2. The van der Waals surface area contributed by atoms with Crippen molar-refractivity contribution in [2.24, 2.45) is 0 Å². The molecule has 0 unspecified atom stereocenters. The van der Waals surface area contributed by atoms with Gasteiger partial charge >= 0.3 is 0 Å². The van der Waals surface area contributed by atoms with Crippen LogP contribution >= 0.6 is 0 Å². The lowest BCUT2D eigenvalue weighted by molar-refractivity contribution is 0.390. The molecule has 2 rings (SSSR count). The molecule has 1 N–H and O–H groups in total. The van der Waals surface area contributed by atoms with E-state index in [2.05, 4.69) is 11.4 Å². The molecule has 0 atom stereocenters. The summed E-state index contributed by atoms with van der Waals surface area (Å²) in [6.07, 6.45) is 2.45. The number of rotatable bonds is 6. The van der Waals surface area contributed by atoms with Crippen molar-refractivity contribution in [1.82, 2.24) is 9.62 Å². The first kappa shape index (κ1) is 14.5. The van der Waals surface area contributed by atoms with Gasteiger partial charge < -0.3 is 5.32 Å². The number of benzene rings is 1. The van der Waals surface area contributed by atoms with Gasteiger partial charge in [-0.3, -0.25) is 0 Å². The van der Waals surface area contributed by atoms with Crippen LogP contribution in [0.5, 0.6) is 0 Å². The summed E-state index contributed by atoms with van der Waals surface area (Å²) in [7, 11) is -1.22. The van der Waals surface area contributed by atoms with E-state index in [1.54, 1.807) is 4.31 Å². The molecule has 0 fully saturated rings. The van der Waals surface area contributed by atoms with Crippen molar-refractivity contribution in [3.05, 3.63) is 35.4 Å². The Hall–Kier alpha value is -0.910. The van der Waals surface area contributed by atoms with Crippen molar-refractivity contribution in [3.8, 4) is 0 Å². The van der Waals surface area contributed by atoms with Crippen LogP contribution in [-0.2, 0) is 23.0 Å². The first-order chi connectivity index (χ1) is 9.13. The molecule has 0 amide bonds. The van der Waals surface area contributed by atoms with E-state index < -0.39 is 10.0 Å². The van der Waals surface area contributed by atoms with Gasteiger partial charge in [0.2, 0.25) is 10.0 Å². The Bertz CT molecular complexity index is 514. The molecule has 0 aliphatic carbocycles. The van der Waals surface area contributed by atoms with Gasteiger partial charge in [-0.05, 0) is 44.0 Å². The van der Waals surface area contributed by atoms with E-state index in [1.165, 1.54) is 5.56 Å². The summed E-state index contributed by atoms with van der Waals surface area (Å²) < 4.78 is 26.2. The zero-order valence-corrected chi connectivity index (χ0v) is 12.2. The number of hydrogen-bond acceptors (Lipinski definition) is 3. The zero-order valence-electron chi connectivity index (χ0n) is 11.4. The van der Waals surface area contributed by atoms with E-state index in [0.717, 1.165) is 31.4 Å². The third-order valence-electron chi connectivity index (χ3n) is 3.57. The number of nitrogens with zero attached hydrogens (tertiary/aromatic N) is 1. The fraction of sp³-hybridized carbons (Fsp3) is 0.571. The van der Waals surface area contributed by atoms with Crippen LogP contribution in [-0.4, -0.2) is 38.6 Å². The average Bonchev–Trinajstić information content (AvgIpc) is 2.43. The molecule has 1 aromatic rings. The quantitative estimate of drug-likeness (QED) is 0.802. The minimum absolute atomic E-state index is 0.261. The van der Waals surface area contributed by atoms with Gasteiger partial charge in [0.1, 0.15) is 0 Å². The lowest BCUT2D eigenvalue weighted by atomic mass is 10.0. The van der Waals surface area contributed by atoms with Crippen LogP contribution in [0.3, 0.4) is 0 Å². The van der Waals surface area contributed by atoms with E-state index >= 15 is 0 Å². The van der Waals surface area contributed by atoms with Crippen LogP contribution in [0.15, 0.2) is 24.3 Å². The Labute approximate surface area is 115 Å². The number of nitrogens with one attached hydrogen (secondary N) is 1. The maximum atomic E-state index is 12.3. The Kier molecular flexibility index (Phi) is 4.96. The molecule has 1 aromatic carbocycles. The minimum Gasteiger partial charge on any atom is -0.320 e. The van der Waals surface area contributed by atoms with Crippen molar-refractivity contribution in [1.29, 1.82) is 0 Å². The summed E-state index contributed by atoms with van der Waals surface area (Å²) in [6.45, 7) is 2.02. The van der Waals surface area contributed by atoms with E-state index in [4.69, 9.17) is 0 Å². The van der Waals surface area contributed by atoms with Crippen LogP contribution in [0.25, 0.3) is 0 Å². The Balaban J connectivity index is 1.96. The van der Waals surface area contributed by atoms with E-state index in [0.29, 0.717) is 13.1 Å². The predicted octanol–water partition coefficient (Wildman–Crippen LogP) is 1.37. The third kappa shape index (κ3) is 3.78. The molecule has 1 aliphatic rings. The third-order valence-corrected chi connectivity index (χ3v) is 5.47. The average molecular weight is 282 g/mol. The van der Waals surface area contributed by atoms with Crippen LogP contribution in [0.1, 0.15) is 24.0 Å². The summed E-state index contributed by atoms with van der Waals surface area (Å²) in [4.78, 5) is 0. The SMILES string of the molecule is CNCCCCS(=O)(=O)N1CCc2ccccc2C1. The van der Waals surface area contributed by atoms with E-state index in [1.807, 2.05) is 25.2 Å². The van der Waals surface area contributed by atoms with Crippen LogP contribution < -0.4 is 5.32 Å². The standard InChI is InChI=1S/C14H22N2O2S/c1-15-9-4-5-11-19(17,18)16-10-8-13-6-2-3-7-14(13)12-16/h2-3,6-7,15H,4-5,8-12H2,1H3. The maximum Gasteiger partial charge on any atom is 0.214 e. The predicted molar refractivity (Wildman–Crippen MR) is 77.5 cm³/mol. The normalized spacial score (nSPS) is 16.3. The topological polar surface area (TPSA) is 49.4 Å². The lowest BCUT2D eigenvalue weighted by Gasteiger charge is -2.28. The summed E-state index contributed by atoms with van der Waals surface area (Å²) in [6, 6.07) is 8.10. The van der Waals surface area contributed by atoms with Crippen molar-refractivity contribution in [3.63, 3.8) is 0 Å². The Morgan fingerprint density at radius 3 is 2.68 bits per heavy atom. The van der Waals surface area contributed by atoms with Crippen molar-refractivity contribution in [2.75, 3.05) is 25.9 Å². The molecule has 1 aliphatic heterocycles. The molecule has 19 heavy (non-hydrogen) atoms. The number of unbranched alkanes of at least 4 members (excludes halogenated alkanes) is 1. The number of sulfonamides is 1. The largest absolute Gasteiger partial charge is 0.320 e. The fourth-order valence-corrected chi connectivity index (χ4v) is 3.95. The second-order valence-electron chi connectivity index (χ2n) is 4.98. The number of fused-ring (bicyclic) bond motifs is 1. The second kappa shape index (κ2) is 6.50. The summed E-state index contributed by atoms with van der Waals surface area (Å²) >= 11 is 0. The van der Waals surface area contributed by atoms with Gasteiger partial charge in [0.05, 0.1) is 5.75 Å². The highest BCUT2D eigenvalue weighted by Crippen LogP contribution is 2.21. The van der Waals surface area contributed by atoms with Crippen LogP contribution in [0.2, 0.25) is 0 Å². The molecule has 106 valence electrons. The molecule has 0 saturated carbocycles. The Morgan fingerprint density at radius 2 is 1.95 bits per heavy atom. The Morgan fingerprint density at radius 1 is 1.21 bits per heavy atom. The van der Waals surface area contributed by atoms with E-state index in [-0.39, 0.29) is 5.75 Å². The first-order valence-corrected chi connectivity index (χ1v) is 8.43. The number of hydrogen-bond donors (Lipinski definition) is 1. The molecule has 0 radical (unpaired) electrons. The summed E-state index contributed by atoms with van der Waals surface area (Å²) in [5.41, 5.74) is 2.43. The maximum absolute atomic E-state index is 12.3. The smallest absolute Gasteiger partial charge is 0.214 e. The summed E-state index contributed by atoms with van der Waals surface area (Å²) in [5, 5.41) is 3.04. The highest BCUT2D eigenvalue weighted by molar-refractivity contribution is 7.89. The van der Waals surface area contributed by atoms with Gasteiger partial charge in [0.15, 0.2) is 0 Å². The lowest BCUT2D eigenvalue weighted by Crippen LogP contribution is -2.37. The van der Waals surface area contributed by atoms with Crippen LogP contribution in [0.4, 0.5) is 0 Å². The van der Waals surface area contributed by atoms with Crippen molar-refractivity contribution in [2.45, 2.75) is 25.8 Å². The van der Waals surface area contributed by atoms with Crippen molar-refractivity contribution >= 4 is 10.0 Å². The molecule has 1 heterocycles. The molecule has 0 spiro atoms. The van der Waals surface area contributed by atoms with E-state index in [9.17, 15) is 8.42 Å².